The molecule has 3 N–H and O–H groups in total. The number of nitrogens with one attached hydrogen (secondary N) is 1. The third kappa shape index (κ3) is 3.12. The lowest BCUT2D eigenvalue weighted by molar-refractivity contribution is 0.0948. The van der Waals surface area contributed by atoms with Crippen LogP contribution in [0.3, 0.4) is 0 Å². The van der Waals surface area contributed by atoms with E-state index in [4.69, 9.17) is 5.73 Å². The molecule has 3 rings (SSSR count). The molecule has 24 heavy (non-hydrogen) atoms. The monoisotopic (exact) mass is 331 g/mol. The van der Waals surface area contributed by atoms with E-state index in [9.17, 15) is 9.18 Å². The minimum Gasteiger partial charge on any atom is -0.367 e. The van der Waals surface area contributed by atoms with Gasteiger partial charge >= 0.3 is 0 Å². The molecule has 1 amide bonds. The first kappa shape index (κ1) is 16.4. The van der Waals surface area contributed by atoms with E-state index in [2.05, 4.69) is 15.3 Å². The van der Waals surface area contributed by atoms with Crippen LogP contribution < -0.4 is 16.0 Å². The molecular weight excluding hydrogens is 309 g/mol. The quantitative estimate of drug-likeness (QED) is 0.866. The van der Waals surface area contributed by atoms with Crippen molar-refractivity contribution in [1.82, 2.24) is 15.1 Å². The number of halogens is 1. The molecule has 0 saturated heterocycles. The second-order valence-corrected chi connectivity index (χ2v) is 5.78. The second-order valence-electron chi connectivity index (χ2n) is 5.78. The van der Waals surface area contributed by atoms with Crippen LogP contribution in [-0.4, -0.2) is 35.3 Å². The van der Waals surface area contributed by atoms with Gasteiger partial charge < -0.3 is 16.0 Å². The van der Waals surface area contributed by atoms with Gasteiger partial charge in [0.1, 0.15) is 5.82 Å². The molecular formula is C17H22FN5O. The summed E-state index contributed by atoms with van der Waals surface area (Å²) in [6.07, 6.45) is 0.803. The zero-order chi connectivity index (χ0) is 17.1. The fourth-order valence-electron chi connectivity index (χ4n) is 3.08. The van der Waals surface area contributed by atoms with Gasteiger partial charge in [-0.05, 0) is 31.2 Å². The second kappa shape index (κ2) is 7.00. The molecule has 2 heterocycles. The number of hydrogen-bond acceptors (Lipinski definition) is 4. The maximum atomic E-state index is 13.1. The Hall–Kier alpha value is -2.41. The highest BCUT2D eigenvalue weighted by Gasteiger charge is 2.27. The molecule has 0 radical (unpaired) electrons. The van der Waals surface area contributed by atoms with E-state index < -0.39 is 0 Å². The predicted molar refractivity (Wildman–Crippen MR) is 90.4 cm³/mol. The zero-order valence-electron chi connectivity index (χ0n) is 13.8. The minimum atomic E-state index is -0.253. The molecule has 6 nitrogen and oxygen atoms in total. The first-order valence-electron chi connectivity index (χ1n) is 8.21. The highest BCUT2D eigenvalue weighted by Crippen LogP contribution is 2.27. The van der Waals surface area contributed by atoms with Crippen LogP contribution in [0.1, 0.15) is 28.7 Å². The van der Waals surface area contributed by atoms with E-state index in [0.29, 0.717) is 25.3 Å². The lowest BCUT2D eigenvalue weighted by atomic mass is 10.0. The van der Waals surface area contributed by atoms with E-state index >= 15 is 0 Å². The molecule has 1 aliphatic heterocycles. The molecule has 1 aromatic heterocycles. The van der Waals surface area contributed by atoms with Crippen molar-refractivity contribution < 1.29 is 9.18 Å². The summed E-state index contributed by atoms with van der Waals surface area (Å²) >= 11 is 0. The maximum Gasteiger partial charge on any atom is 0.272 e. The van der Waals surface area contributed by atoms with Crippen LogP contribution in [0.5, 0.6) is 0 Å². The summed E-state index contributed by atoms with van der Waals surface area (Å²) in [6, 6.07) is 6.43. The molecule has 128 valence electrons. The van der Waals surface area contributed by atoms with E-state index in [0.717, 1.165) is 36.5 Å². The fourth-order valence-corrected chi connectivity index (χ4v) is 3.08. The minimum absolute atomic E-state index is 0.190. The first-order chi connectivity index (χ1) is 11.6. The van der Waals surface area contributed by atoms with Crippen molar-refractivity contribution in [3.8, 4) is 0 Å². The van der Waals surface area contributed by atoms with Crippen LogP contribution in [0, 0.1) is 5.82 Å². The van der Waals surface area contributed by atoms with Gasteiger partial charge in [-0.25, -0.2) is 4.39 Å². The smallest absolute Gasteiger partial charge is 0.272 e. The number of carbonyl (C=O) groups excluding carboxylic acids is 1. The number of benzene rings is 1. The van der Waals surface area contributed by atoms with Crippen molar-refractivity contribution in [3.63, 3.8) is 0 Å². The Balaban J connectivity index is 1.89. The highest BCUT2D eigenvalue weighted by atomic mass is 19.1. The molecule has 0 fully saturated rings. The Kier molecular flexibility index (Phi) is 4.80. The average molecular weight is 331 g/mol. The summed E-state index contributed by atoms with van der Waals surface area (Å²) in [7, 11) is 0. The Bertz CT molecular complexity index is 725. The van der Waals surface area contributed by atoms with Crippen LogP contribution in [0.2, 0.25) is 0 Å². The predicted octanol–water partition coefficient (Wildman–Crippen LogP) is 1.29. The number of carbonyl (C=O) groups is 1. The molecule has 0 saturated carbocycles. The van der Waals surface area contributed by atoms with Crippen molar-refractivity contribution in [2.45, 2.75) is 26.4 Å². The Morgan fingerprint density at radius 2 is 2.12 bits per heavy atom. The molecule has 0 aliphatic carbocycles. The van der Waals surface area contributed by atoms with Gasteiger partial charge in [-0.2, -0.15) is 5.10 Å². The SMILES string of the molecule is CCn1nc(C(=O)NCCN)c2c1CCN(c1ccc(F)cc1)C2. The third-order valence-corrected chi connectivity index (χ3v) is 4.27. The topological polar surface area (TPSA) is 76.2 Å². The summed E-state index contributed by atoms with van der Waals surface area (Å²) in [4.78, 5) is 14.5. The molecule has 0 unspecified atom stereocenters. The van der Waals surface area contributed by atoms with E-state index in [1.165, 1.54) is 12.1 Å². The maximum absolute atomic E-state index is 13.1. The lowest BCUT2D eigenvalue weighted by Gasteiger charge is -2.29. The number of nitrogens with zero attached hydrogens (tertiary/aromatic N) is 3. The lowest BCUT2D eigenvalue weighted by Crippen LogP contribution is -2.33. The number of rotatable bonds is 5. The number of nitrogens with two attached hydrogens (primary N) is 1. The zero-order valence-corrected chi connectivity index (χ0v) is 13.8. The molecule has 1 aromatic carbocycles. The fraction of sp³-hybridized carbons (Fsp3) is 0.412. The molecule has 0 atom stereocenters. The number of amides is 1. The standard InChI is InChI=1S/C17H22FN5O/c1-2-23-15-7-10-22(13-5-3-12(18)4-6-13)11-14(15)16(21-23)17(24)20-9-8-19/h3-6H,2,7-11,19H2,1H3,(H,20,24). The van der Waals surface area contributed by atoms with Gasteiger partial charge in [0.2, 0.25) is 0 Å². The summed E-state index contributed by atoms with van der Waals surface area (Å²) in [6.45, 7) is 4.96. The van der Waals surface area contributed by atoms with Crippen molar-refractivity contribution >= 4 is 11.6 Å². The normalized spacial score (nSPS) is 13.7. The third-order valence-electron chi connectivity index (χ3n) is 4.27. The summed E-state index contributed by atoms with van der Waals surface area (Å²) in [5.41, 5.74) is 8.92. The number of hydrogen-bond donors (Lipinski definition) is 2. The van der Waals surface area contributed by atoms with E-state index in [-0.39, 0.29) is 11.7 Å². The molecule has 0 bridgehead atoms. The number of aromatic nitrogens is 2. The van der Waals surface area contributed by atoms with E-state index in [1.54, 1.807) is 12.1 Å². The summed E-state index contributed by atoms with van der Waals surface area (Å²) in [5.74, 6) is -0.443. The summed E-state index contributed by atoms with van der Waals surface area (Å²) < 4.78 is 15.0. The van der Waals surface area contributed by atoms with Crippen LogP contribution in [0.25, 0.3) is 0 Å². The largest absolute Gasteiger partial charge is 0.367 e. The first-order valence-corrected chi connectivity index (χ1v) is 8.21. The van der Waals surface area contributed by atoms with Crippen molar-refractivity contribution in [3.05, 3.63) is 47.0 Å². The highest BCUT2D eigenvalue weighted by molar-refractivity contribution is 5.94. The van der Waals surface area contributed by atoms with Crippen LogP contribution in [-0.2, 0) is 19.5 Å². The molecule has 7 heteroatoms. The Labute approximate surface area is 140 Å². The van der Waals surface area contributed by atoms with Gasteiger partial charge in [-0.1, -0.05) is 0 Å². The molecule has 2 aromatic rings. The van der Waals surface area contributed by atoms with Crippen molar-refractivity contribution in [2.75, 3.05) is 24.5 Å². The molecule has 1 aliphatic rings. The van der Waals surface area contributed by atoms with Crippen molar-refractivity contribution in [2.24, 2.45) is 5.73 Å². The van der Waals surface area contributed by atoms with Gasteiger partial charge in [0.15, 0.2) is 5.69 Å². The number of anilines is 1. The number of aryl methyl sites for hydroxylation is 1. The van der Waals surface area contributed by atoms with E-state index in [1.807, 2.05) is 11.6 Å². The average Bonchev–Trinajstić information content (AvgIpc) is 2.98. The number of fused-ring (bicyclic) bond motifs is 1. The van der Waals surface area contributed by atoms with Crippen molar-refractivity contribution in [1.29, 1.82) is 0 Å². The van der Waals surface area contributed by atoms with Gasteiger partial charge in [0.05, 0.1) is 0 Å². The Morgan fingerprint density at radius 1 is 1.38 bits per heavy atom. The van der Waals surface area contributed by atoms with Crippen LogP contribution in [0.15, 0.2) is 24.3 Å². The van der Waals surface area contributed by atoms with Gasteiger partial charge in [-0.3, -0.25) is 9.48 Å². The van der Waals surface area contributed by atoms with Gasteiger partial charge in [0.25, 0.3) is 5.91 Å². The van der Waals surface area contributed by atoms with Crippen LogP contribution in [0.4, 0.5) is 10.1 Å². The summed E-state index contributed by atoms with van der Waals surface area (Å²) in [5, 5.41) is 7.27. The van der Waals surface area contributed by atoms with Gasteiger partial charge in [-0.15, -0.1) is 0 Å². The van der Waals surface area contributed by atoms with Crippen LogP contribution >= 0.6 is 0 Å². The van der Waals surface area contributed by atoms with Gasteiger partial charge in [0, 0.05) is 56.1 Å². The Morgan fingerprint density at radius 3 is 2.79 bits per heavy atom. The molecule has 0 spiro atoms.